The van der Waals surface area contributed by atoms with Gasteiger partial charge in [-0.3, -0.25) is 0 Å². The zero-order valence-corrected chi connectivity index (χ0v) is 31.0. The molecule has 0 bridgehead atoms. The minimum absolute atomic E-state index is 0.103. The Bertz CT molecular complexity index is 2590. The Hall–Kier alpha value is -6.22. The summed E-state index contributed by atoms with van der Waals surface area (Å²) in [6.45, 7) is 4.73. The number of anilines is 3. The lowest BCUT2D eigenvalue weighted by atomic mass is 9.82. The summed E-state index contributed by atoms with van der Waals surface area (Å²) in [6, 6.07) is 74.8. The van der Waals surface area contributed by atoms with Crippen LogP contribution in [0.2, 0.25) is 0 Å². The fourth-order valence-electron chi connectivity index (χ4n) is 9.30. The van der Waals surface area contributed by atoms with Gasteiger partial charge in [0, 0.05) is 22.5 Å². The average molecular weight is 694 g/mol. The van der Waals surface area contributed by atoms with E-state index >= 15 is 0 Å². The Morgan fingerprint density at radius 1 is 0.358 bits per heavy atom. The zero-order chi connectivity index (χ0) is 35.6. The monoisotopic (exact) mass is 693 g/mol. The quantitative estimate of drug-likeness (QED) is 0.157. The molecular weight excluding hydrogens is 655 g/mol. The van der Waals surface area contributed by atoms with E-state index in [0.29, 0.717) is 0 Å². The third-order valence-electron chi connectivity index (χ3n) is 11.8. The SMILES string of the molecule is CC1(C)c2ccccc2-c2ccc(N(c3ccc(-c4ccccc4)cc3)c3cccc([Si]4(c5ccccc5)c5ccccc5-c5ccccc54)c3)cc21. The lowest BCUT2D eigenvalue weighted by Gasteiger charge is -2.33. The van der Waals surface area contributed by atoms with Crippen molar-refractivity contribution in [2.75, 3.05) is 4.90 Å². The van der Waals surface area contributed by atoms with Gasteiger partial charge in [-0.15, -0.1) is 0 Å². The molecule has 0 atom stereocenters. The summed E-state index contributed by atoms with van der Waals surface area (Å²) in [4.78, 5) is 2.47. The smallest absolute Gasteiger partial charge is 0.180 e. The van der Waals surface area contributed by atoms with E-state index in [4.69, 9.17) is 0 Å². The molecule has 1 aliphatic heterocycles. The van der Waals surface area contributed by atoms with Crippen LogP contribution in [0.25, 0.3) is 33.4 Å². The van der Waals surface area contributed by atoms with Crippen molar-refractivity contribution in [3.8, 4) is 33.4 Å². The van der Waals surface area contributed by atoms with Gasteiger partial charge in [0.05, 0.1) is 0 Å². The molecule has 252 valence electrons. The van der Waals surface area contributed by atoms with Gasteiger partial charge in [-0.25, -0.2) is 0 Å². The molecule has 8 aromatic carbocycles. The van der Waals surface area contributed by atoms with Crippen molar-refractivity contribution in [1.82, 2.24) is 0 Å². The first-order valence-corrected chi connectivity index (χ1v) is 20.6. The van der Waals surface area contributed by atoms with Gasteiger partial charge < -0.3 is 4.90 Å². The first-order chi connectivity index (χ1) is 26.0. The molecule has 0 N–H and O–H groups in total. The van der Waals surface area contributed by atoms with Crippen LogP contribution in [-0.2, 0) is 5.41 Å². The Morgan fingerprint density at radius 2 is 0.868 bits per heavy atom. The Labute approximate surface area is 313 Å². The van der Waals surface area contributed by atoms with Crippen LogP contribution in [-0.4, -0.2) is 8.07 Å². The highest BCUT2D eigenvalue weighted by molar-refractivity contribution is 7.22. The fraction of sp³-hybridized carbons (Fsp3) is 0.0588. The second-order valence-corrected chi connectivity index (χ2v) is 18.6. The molecule has 0 unspecified atom stereocenters. The number of hydrogen-bond donors (Lipinski definition) is 0. The largest absolute Gasteiger partial charge is 0.310 e. The van der Waals surface area contributed by atoms with Crippen LogP contribution in [0.3, 0.4) is 0 Å². The number of benzene rings is 8. The third-order valence-corrected chi connectivity index (χ3v) is 16.6. The number of nitrogens with zero attached hydrogens (tertiary/aromatic N) is 1. The molecule has 8 aromatic rings. The molecule has 0 radical (unpaired) electrons. The van der Waals surface area contributed by atoms with Gasteiger partial charge >= 0.3 is 0 Å². The summed E-state index contributed by atoms with van der Waals surface area (Å²) in [5, 5.41) is 5.71. The average Bonchev–Trinajstić information content (AvgIpc) is 3.65. The van der Waals surface area contributed by atoms with E-state index < -0.39 is 8.07 Å². The van der Waals surface area contributed by atoms with E-state index in [0.717, 1.165) is 17.1 Å². The van der Waals surface area contributed by atoms with Crippen molar-refractivity contribution < 1.29 is 0 Å². The third kappa shape index (κ3) is 4.76. The van der Waals surface area contributed by atoms with E-state index in [1.807, 2.05) is 0 Å². The normalized spacial score (nSPS) is 14.2. The van der Waals surface area contributed by atoms with Gasteiger partial charge in [0.15, 0.2) is 8.07 Å². The summed E-state index contributed by atoms with van der Waals surface area (Å²) < 4.78 is 0. The van der Waals surface area contributed by atoms with Crippen molar-refractivity contribution in [2.45, 2.75) is 19.3 Å². The molecule has 0 fully saturated rings. The molecule has 0 spiro atoms. The lowest BCUT2D eigenvalue weighted by molar-refractivity contribution is 0.660. The van der Waals surface area contributed by atoms with Crippen molar-refractivity contribution in [1.29, 1.82) is 0 Å². The highest BCUT2D eigenvalue weighted by Crippen LogP contribution is 2.50. The summed E-state index contributed by atoms with van der Waals surface area (Å²) in [6.07, 6.45) is 0. The first kappa shape index (κ1) is 31.5. The minimum atomic E-state index is -2.67. The van der Waals surface area contributed by atoms with Crippen LogP contribution in [0.4, 0.5) is 17.1 Å². The fourth-order valence-corrected chi connectivity index (χ4v) is 14.5. The topological polar surface area (TPSA) is 3.24 Å². The molecule has 1 aliphatic carbocycles. The number of fused-ring (bicyclic) bond motifs is 6. The van der Waals surface area contributed by atoms with Gasteiger partial charge in [0.25, 0.3) is 0 Å². The molecule has 0 amide bonds. The summed E-state index contributed by atoms with van der Waals surface area (Å²) in [5.74, 6) is 0. The van der Waals surface area contributed by atoms with Crippen LogP contribution in [0.15, 0.2) is 200 Å². The van der Waals surface area contributed by atoms with Crippen LogP contribution in [0.1, 0.15) is 25.0 Å². The maximum atomic E-state index is 2.50. The van der Waals surface area contributed by atoms with Gasteiger partial charge in [0.1, 0.15) is 0 Å². The van der Waals surface area contributed by atoms with Crippen LogP contribution in [0, 0.1) is 0 Å². The molecule has 1 nitrogen and oxygen atoms in total. The second-order valence-electron chi connectivity index (χ2n) is 14.9. The van der Waals surface area contributed by atoms with Crippen molar-refractivity contribution in [3.63, 3.8) is 0 Å². The highest BCUT2D eigenvalue weighted by atomic mass is 28.3. The Balaban J connectivity index is 1.20. The minimum Gasteiger partial charge on any atom is -0.310 e. The maximum Gasteiger partial charge on any atom is 0.180 e. The van der Waals surface area contributed by atoms with Crippen molar-refractivity contribution in [2.24, 2.45) is 0 Å². The molecule has 10 rings (SSSR count). The summed E-state index contributed by atoms with van der Waals surface area (Å²) >= 11 is 0. The van der Waals surface area contributed by atoms with Gasteiger partial charge in [-0.1, -0.05) is 178 Å². The second kappa shape index (κ2) is 12.2. The Morgan fingerprint density at radius 3 is 1.57 bits per heavy atom. The standard InChI is InChI=1S/C51H39NSi/c1-51(2)47-25-12-9-22-43(47)44-33-32-40(35-48(44)51)52(38-30-28-37(29-31-38)36-16-5-3-6-17-36)39-18-15-21-42(34-39)53(41-19-7-4-8-20-41)49-26-13-10-23-45(49)46-24-11-14-27-50(46)53/h3-35H,1-2H3. The van der Waals surface area contributed by atoms with Gasteiger partial charge in [-0.05, 0) is 102 Å². The summed E-state index contributed by atoms with van der Waals surface area (Å²) in [5.41, 5.74) is 13.9. The summed E-state index contributed by atoms with van der Waals surface area (Å²) in [7, 11) is -2.67. The molecule has 0 saturated heterocycles. The zero-order valence-electron chi connectivity index (χ0n) is 30.0. The molecule has 53 heavy (non-hydrogen) atoms. The van der Waals surface area contributed by atoms with Crippen molar-refractivity contribution in [3.05, 3.63) is 211 Å². The van der Waals surface area contributed by atoms with E-state index in [-0.39, 0.29) is 5.41 Å². The molecule has 1 heterocycles. The highest BCUT2D eigenvalue weighted by Gasteiger charge is 2.48. The lowest BCUT2D eigenvalue weighted by Crippen LogP contribution is -2.72. The van der Waals surface area contributed by atoms with Crippen LogP contribution in [0.5, 0.6) is 0 Å². The molecular formula is C51H39NSi. The molecule has 2 aliphatic rings. The van der Waals surface area contributed by atoms with E-state index in [1.54, 1.807) is 0 Å². The van der Waals surface area contributed by atoms with E-state index in [9.17, 15) is 0 Å². The van der Waals surface area contributed by atoms with E-state index in [1.165, 1.54) is 65.3 Å². The van der Waals surface area contributed by atoms with Gasteiger partial charge in [-0.2, -0.15) is 0 Å². The molecule has 2 heteroatoms. The van der Waals surface area contributed by atoms with E-state index in [2.05, 4.69) is 219 Å². The Kier molecular flexibility index (Phi) is 7.25. The predicted molar refractivity (Wildman–Crippen MR) is 227 cm³/mol. The van der Waals surface area contributed by atoms with Crippen LogP contribution < -0.4 is 25.6 Å². The molecule has 0 saturated carbocycles. The number of hydrogen-bond acceptors (Lipinski definition) is 1. The molecule has 0 aromatic heterocycles. The first-order valence-electron chi connectivity index (χ1n) is 18.6. The maximum absolute atomic E-state index is 2.67. The van der Waals surface area contributed by atoms with Crippen LogP contribution >= 0.6 is 0 Å². The predicted octanol–water partition coefficient (Wildman–Crippen LogP) is 10.5. The van der Waals surface area contributed by atoms with Gasteiger partial charge in [0.2, 0.25) is 0 Å². The number of rotatable bonds is 6. The van der Waals surface area contributed by atoms with Crippen molar-refractivity contribution >= 4 is 45.9 Å².